The minimum Gasteiger partial charge on any atom is -0.489 e. The normalized spacial score (nSPS) is 17.0. The van der Waals surface area contributed by atoms with Crippen LogP contribution in [-0.2, 0) is 22.6 Å². The Labute approximate surface area is 221 Å². The van der Waals surface area contributed by atoms with Gasteiger partial charge in [0.15, 0.2) is 5.13 Å². The van der Waals surface area contributed by atoms with Crippen LogP contribution in [0.4, 0.5) is 14.9 Å². The summed E-state index contributed by atoms with van der Waals surface area (Å²) >= 11 is 0.921. The van der Waals surface area contributed by atoms with Crippen LogP contribution in [-0.4, -0.2) is 33.2 Å². The third kappa shape index (κ3) is 7.03. The van der Waals surface area contributed by atoms with E-state index in [1.54, 1.807) is 19.1 Å². The van der Waals surface area contributed by atoms with Gasteiger partial charge >= 0.3 is 12.1 Å². The molecule has 0 radical (unpaired) electrons. The van der Waals surface area contributed by atoms with Crippen molar-refractivity contribution in [3.63, 3.8) is 0 Å². The third-order valence-electron chi connectivity index (χ3n) is 6.17. The van der Waals surface area contributed by atoms with Gasteiger partial charge in [0.25, 0.3) is 5.69 Å². The molecule has 10 nitrogen and oxygen atoms in total. The van der Waals surface area contributed by atoms with Gasteiger partial charge in [-0.05, 0) is 62.9 Å². The van der Waals surface area contributed by atoms with Gasteiger partial charge in [-0.15, -0.1) is 11.3 Å². The average Bonchev–Trinajstić information content (AvgIpc) is 3.23. The van der Waals surface area contributed by atoms with Gasteiger partial charge in [0, 0.05) is 34.7 Å². The van der Waals surface area contributed by atoms with E-state index in [0.29, 0.717) is 46.8 Å². The molecule has 1 saturated carbocycles. The summed E-state index contributed by atoms with van der Waals surface area (Å²) in [6.07, 6.45) is 1.79. The topological polar surface area (TPSA) is 138 Å². The second-order valence-electron chi connectivity index (χ2n) is 8.90. The number of halogens is 1. The molecule has 0 amide bonds. The van der Waals surface area contributed by atoms with Gasteiger partial charge in [0.1, 0.15) is 18.1 Å². The number of rotatable bonds is 9. The number of aliphatic carboxylic acids is 1. The molecule has 1 aliphatic carbocycles. The molecule has 12 heteroatoms. The summed E-state index contributed by atoms with van der Waals surface area (Å²) in [6.45, 7) is 1.57. The summed E-state index contributed by atoms with van der Waals surface area (Å²) in [7, 11) is 0. The number of carbonyl (C=O) groups is 2. The molecule has 200 valence electrons. The minimum absolute atomic E-state index is 0.0750. The van der Waals surface area contributed by atoms with E-state index in [1.165, 1.54) is 30.3 Å². The van der Waals surface area contributed by atoms with Gasteiger partial charge in [-0.2, -0.15) is 4.39 Å². The Morgan fingerprint density at radius 3 is 2.66 bits per heavy atom. The van der Waals surface area contributed by atoms with Crippen LogP contribution < -0.4 is 9.47 Å². The number of carboxylic acid groups (broad SMARTS) is 1. The number of hydrogen-bond acceptors (Lipinski definition) is 9. The van der Waals surface area contributed by atoms with Crippen LogP contribution in [0.1, 0.15) is 47.5 Å². The maximum Gasteiger partial charge on any atom is 0.514 e. The highest BCUT2D eigenvalue weighted by molar-refractivity contribution is 7.10. The van der Waals surface area contributed by atoms with Crippen molar-refractivity contribution in [2.24, 2.45) is 5.92 Å². The average molecular weight is 545 g/mol. The van der Waals surface area contributed by atoms with Crippen LogP contribution in [0.5, 0.6) is 11.5 Å². The van der Waals surface area contributed by atoms with Crippen molar-refractivity contribution < 1.29 is 38.2 Å². The smallest absolute Gasteiger partial charge is 0.489 e. The van der Waals surface area contributed by atoms with Crippen LogP contribution in [0.25, 0.3) is 0 Å². The molecular weight excluding hydrogens is 519 g/mol. The van der Waals surface area contributed by atoms with Crippen molar-refractivity contribution in [1.29, 1.82) is 0 Å². The Bertz CT molecular complexity index is 1330. The van der Waals surface area contributed by atoms with E-state index < -0.39 is 28.1 Å². The highest BCUT2D eigenvalue weighted by atomic mass is 32.1. The lowest BCUT2D eigenvalue weighted by molar-refractivity contribution is -0.384. The molecule has 2 atom stereocenters. The SMILES string of the molecule is Cc1nc(Cc2sc(F)cc2COC(=O)Oc2ccc([N+](=O)[O-])cc2)ccc1O[C@H]1CCC[C@H](C(=O)O)C1. The molecule has 3 aromatic rings. The van der Waals surface area contributed by atoms with Gasteiger partial charge in [0.2, 0.25) is 0 Å². The highest BCUT2D eigenvalue weighted by Gasteiger charge is 2.28. The fraction of sp³-hybridized carbons (Fsp3) is 0.346. The van der Waals surface area contributed by atoms with Gasteiger partial charge in [-0.25, -0.2) is 4.79 Å². The molecule has 1 aliphatic rings. The number of nitro benzene ring substituents is 1. The van der Waals surface area contributed by atoms with E-state index in [-0.39, 0.29) is 24.1 Å². The van der Waals surface area contributed by atoms with Crippen molar-refractivity contribution in [2.75, 3.05) is 0 Å². The number of nitrogens with zero attached hydrogens (tertiary/aromatic N) is 2. The quantitative estimate of drug-likeness (QED) is 0.153. The molecule has 4 rings (SSSR count). The number of non-ortho nitro benzene ring substituents is 1. The number of ether oxygens (including phenoxy) is 3. The molecule has 1 N–H and O–H groups in total. The van der Waals surface area contributed by atoms with E-state index in [2.05, 4.69) is 4.98 Å². The van der Waals surface area contributed by atoms with Gasteiger partial charge in [-0.3, -0.25) is 19.9 Å². The lowest BCUT2D eigenvalue weighted by Crippen LogP contribution is -2.29. The first kappa shape index (κ1) is 27.0. The molecule has 0 spiro atoms. The predicted octanol–water partition coefficient (Wildman–Crippen LogP) is 5.83. The first-order chi connectivity index (χ1) is 18.2. The maximum atomic E-state index is 14.1. The molecule has 0 aliphatic heterocycles. The summed E-state index contributed by atoms with van der Waals surface area (Å²) in [5.74, 6) is -0.543. The molecule has 0 saturated heterocycles. The molecular formula is C26H25FN2O8S. The number of benzene rings is 1. The lowest BCUT2D eigenvalue weighted by atomic mass is 9.87. The van der Waals surface area contributed by atoms with Crippen LogP contribution >= 0.6 is 11.3 Å². The van der Waals surface area contributed by atoms with Crippen molar-refractivity contribution in [3.8, 4) is 11.5 Å². The third-order valence-corrected chi connectivity index (χ3v) is 7.13. The zero-order valence-corrected chi connectivity index (χ0v) is 21.2. The number of aryl methyl sites for hydroxylation is 1. The largest absolute Gasteiger partial charge is 0.514 e. The summed E-state index contributed by atoms with van der Waals surface area (Å²) in [6, 6.07) is 9.77. The number of pyridine rings is 1. The highest BCUT2D eigenvalue weighted by Crippen LogP contribution is 2.30. The molecule has 2 aromatic heterocycles. The summed E-state index contributed by atoms with van der Waals surface area (Å²) in [5, 5.41) is 19.6. The van der Waals surface area contributed by atoms with Crippen molar-refractivity contribution in [1.82, 2.24) is 4.98 Å². The van der Waals surface area contributed by atoms with Crippen LogP contribution in [0.3, 0.4) is 0 Å². The zero-order chi connectivity index (χ0) is 27.2. The zero-order valence-electron chi connectivity index (χ0n) is 20.4. The van der Waals surface area contributed by atoms with E-state index in [1.807, 2.05) is 0 Å². The van der Waals surface area contributed by atoms with Crippen LogP contribution in [0.15, 0.2) is 42.5 Å². The molecule has 38 heavy (non-hydrogen) atoms. The number of aromatic nitrogens is 1. The molecule has 1 fully saturated rings. The second kappa shape index (κ2) is 12.0. The lowest BCUT2D eigenvalue weighted by Gasteiger charge is -2.27. The number of thiophene rings is 1. The van der Waals surface area contributed by atoms with Crippen LogP contribution in [0, 0.1) is 28.1 Å². The Balaban J connectivity index is 1.34. The van der Waals surface area contributed by atoms with Crippen LogP contribution in [0.2, 0.25) is 0 Å². The fourth-order valence-electron chi connectivity index (χ4n) is 4.24. The number of carboxylic acids is 1. The van der Waals surface area contributed by atoms with Gasteiger partial charge in [-0.1, -0.05) is 0 Å². The van der Waals surface area contributed by atoms with E-state index in [9.17, 15) is 29.2 Å². The van der Waals surface area contributed by atoms with E-state index >= 15 is 0 Å². The Kier molecular flexibility index (Phi) is 8.52. The van der Waals surface area contributed by atoms with Gasteiger partial charge < -0.3 is 19.3 Å². The Morgan fingerprint density at radius 1 is 1.21 bits per heavy atom. The predicted molar refractivity (Wildman–Crippen MR) is 134 cm³/mol. The Morgan fingerprint density at radius 2 is 1.97 bits per heavy atom. The monoisotopic (exact) mass is 544 g/mol. The van der Waals surface area contributed by atoms with Crippen molar-refractivity contribution in [2.45, 2.75) is 51.7 Å². The summed E-state index contributed by atoms with van der Waals surface area (Å²) < 4.78 is 30.2. The van der Waals surface area contributed by atoms with Crippen molar-refractivity contribution >= 4 is 29.1 Å². The molecule has 2 heterocycles. The van der Waals surface area contributed by atoms with E-state index in [0.717, 1.165) is 24.2 Å². The number of hydrogen-bond donors (Lipinski definition) is 1. The van der Waals surface area contributed by atoms with E-state index in [4.69, 9.17) is 14.2 Å². The summed E-state index contributed by atoms with van der Waals surface area (Å²) in [5.41, 5.74) is 1.63. The molecule has 1 aromatic carbocycles. The first-order valence-electron chi connectivity index (χ1n) is 11.9. The molecule has 0 unspecified atom stereocenters. The van der Waals surface area contributed by atoms with Gasteiger partial charge in [0.05, 0.1) is 22.6 Å². The first-order valence-corrected chi connectivity index (χ1v) is 12.7. The minimum atomic E-state index is -1.03. The van der Waals surface area contributed by atoms with Crippen molar-refractivity contribution in [3.05, 3.63) is 79.5 Å². The summed E-state index contributed by atoms with van der Waals surface area (Å²) in [4.78, 5) is 38.7. The maximum absolute atomic E-state index is 14.1. The standard InChI is InChI=1S/C26H25FN2O8S/c1-15-22(36-21-4-2-3-16(11-21)25(30)31)10-5-18(28-15)13-23-17(12-24(27)38-23)14-35-26(32)37-20-8-6-19(7-9-20)29(33)34/h5-10,12,16,21H,2-4,11,13-14H2,1H3,(H,30,31)/t16-,21-/m0/s1. The number of nitro groups is 1. The Hall–Kier alpha value is -4.06. The fourth-order valence-corrected chi connectivity index (χ4v) is 5.15. The molecule has 0 bridgehead atoms. The second-order valence-corrected chi connectivity index (χ2v) is 9.98. The number of carbonyl (C=O) groups excluding carboxylic acids is 1.